The van der Waals surface area contributed by atoms with E-state index in [1.807, 2.05) is 26.8 Å². The molecule has 0 radical (unpaired) electrons. The van der Waals surface area contributed by atoms with Crippen molar-refractivity contribution in [3.63, 3.8) is 0 Å². The summed E-state index contributed by atoms with van der Waals surface area (Å²) in [6, 6.07) is 9.47. The number of ether oxygens (including phenoxy) is 3. The lowest BCUT2D eigenvalue weighted by Gasteiger charge is -2.15. The normalized spacial score (nSPS) is 10.8. The van der Waals surface area contributed by atoms with E-state index in [9.17, 15) is 4.79 Å². The molecule has 0 atom stereocenters. The lowest BCUT2D eigenvalue weighted by atomic mass is 10.1. The Morgan fingerprint density at radius 2 is 1.67 bits per heavy atom. The monoisotopic (exact) mass is 370 g/mol. The highest BCUT2D eigenvalue weighted by molar-refractivity contribution is 5.85. The zero-order chi connectivity index (χ0) is 19.8. The van der Waals surface area contributed by atoms with Crippen LogP contribution in [0, 0.1) is 20.8 Å². The summed E-state index contributed by atoms with van der Waals surface area (Å²) in [5, 5.41) is 8.74. The van der Waals surface area contributed by atoms with Crippen molar-refractivity contribution < 1.29 is 24.1 Å². The fourth-order valence-corrected chi connectivity index (χ4v) is 2.64. The van der Waals surface area contributed by atoms with Crippen molar-refractivity contribution in [2.45, 2.75) is 27.7 Å². The van der Waals surface area contributed by atoms with Crippen LogP contribution in [0.2, 0.25) is 0 Å². The molecule has 2 aromatic rings. The maximum Gasteiger partial charge on any atom is 0.328 e. The number of rotatable bonds is 9. The highest BCUT2D eigenvalue weighted by atomic mass is 16.5. The van der Waals surface area contributed by atoms with Crippen molar-refractivity contribution in [1.82, 2.24) is 0 Å². The second-order valence-corrected chi connectivity index (χ2v) is 6.21. The van der Waals surface area contributed by atoms with Crippen LogP contribution in [0.1, 0.15) is 29.2 Å². The van der Waals surface area contributed by atoms with Gasteiger partial charge in [0.05, 0.1) is 6.61 Å². The summed E-state index contributed by atoms with van der Waals surface area (Å²) in [6.07, 6.45) is 2.60. The van der Waals surface area contributed by atoms with Gasteiger partial charge in [0.2, 0.25) is 0 Å². The van der Waals surface area contributed by atoms with Crippen molar-refractivity contribution in [2.24, 2.45) is 0 Å². The van der Waals surface area contributed by atoms with Crippen LogP contribution >= 0.6 is 0 Å². The molecule has 0 saturated carbocycles. The molecule has 0 aliphatic rings. The summed E-state index contributed by atoms with van der Waals surface area (Å²) in [5.41, 5.74) is 4.23. The first kappa shape index (κ1) is 20.4. The summed E-state index contributed by atoms with van der Waals surface area (Å²) in [5.74, 6) is 1.06. The summed E-state index contributed by atoms with van der Waals surface area (Å²) >= 11 is 0. The van der Waals surface area contributed by atoms with Gasteiger partial charge in [0.15, 0.2) is 11.5 Å². The average Bonchev–Trinajstić information content (AvgIpc) is 2.62. The fraction of sp³-hybridized carbons (Fsp3) is 0.318. The van der Waals surface area contributed by atoms with Crippen molar-refractivity contribution in [1.29, 1.82) is 0 Å². The Morgan fingerprint density at radius 1 is 0.963 bits per heavy atom. The largest absolute Gasteiger partial charge is 0.490 e. The van der Waals surface area contributed by atoms with Crippen LogP contribution in [0.5, 0.6) is 17.2 Å². The Kier molecular flexibility index (Phi) is 7.29. The molecule has 0 spiro atoms. The van der Waals surface area contributed by atoms with E-state index in [-0.39, 0.29) is 0 Å². The lowest BCUT2D eigenvalue weighted by Crippen LogP contribution is -2.11. The molecule has 144 valence electrons. The Hall–Kier alpha value is -2.95. The maximum atomic E-state index is 10.7. The van der Waals surface area contributed by atoms with Crippen LogP contribution in [-0.2, 0) is 4.79 Å². The van der Waals surface area contributed by atoms with Gasteiger partial charge in [-0.25, -0.2) is 4.79 Å². The first-order valence-corrected chi connectivity index (χ1v) is 8.92. The van der Waals surface area contributed by atoms with Gasteiger partial charge < -0.3 is 19.3 Å². The molecule has 0 bridgehead atoms. The highest BCUT2D eigenvalue weighted by Gasteiger charge is 2.07. The molecular formula is C22H26O5. The minimum Gasteiger partial charge on any atom is -0.490 e. The highest BCUT2D eigenvalue weighted by Crippen LogP contribution is 2.29. The van der Waals surface area contributed by atoms with Crippen molar-refractivity contribution in [2.75, 3.05) is 19.8 Å². The van der Waals surface area contributed by atoms with Crippen molar-refractivity contribution in [3.05, 3.63) is 58.7 Å². The Balaban J connectivity index is 1.99. The number of carbonyl (C=O) groups is 1. The molecule has 0 amide bonds. The summed E-state index contributed by atoms with van der Waals surface area (Å²) in [4.78, 5) is 10.7. The molecule has 0 unspecified atom stereocenters. The minimum absolute atomic E-state index is 0.372. The smallest absolute Gasteiger partial charge is 0.328 e. The van der Waals surface area contributed by atoms with E-state index in [1.165, 1.54) is 11.6 Å². The molecule has 0 aromatic heterocycles. The third-order valence-electron chi connectivity index (χ3n) is 4.05. The van der Waals surface area contributed by atoms with Gasteiger partial charge in [-0.15, -0.1) is 0 Å². The molecule has 0 aliphatic heterocycles. The first-order chi connectivity index (χ1) is 12.9. The van der Waals surface area contributed by atoms with Crippen molar-refractivity contribution >= 4 is 12.0 Å². The number of hydrogen-bond donors (Lipinski definition) is 1. The third-order valence-corrected chi connectivity index (χ3v) is 4.05. The quantitative estimate of drug-likeness (QED) is 0.517. The second kappa shape index (κ2) is 9.67. The molecule has 0 heterocycles. The van der Waals surface area contributed by atoms with Crippen LogP contribution in [0.4, 0.5) is 0 Å². The van der Waals surface area contributed by atoms with Crippen LogP contribution in [-0.4, -0.2) is 30.9 Å². The zero-order valence-corrected chi connectivity index (χ0v) is 16.2. The average molecular weight is 370 g/mol. The van der Waals surface area contributed by atoms with E-state index in [0.717, 1.165) is 28.5 Å². The first-order valence-electron chi connectivity index (χ1n) is 8.92. The fourth-order valence-electron chi connectivity index (χ4n) is 2.64. The summed E-state index contributed by atoms with van der Waals surface area (Å²) in [7, 11) is 0. The maximum absolute atomic E-state index is 10.7. The van der Waals surface area contributed by atoms with Gasteiger partial charge in [0.25, 0.3) is 0 Å². The Bertz CT molecular complexity index is 824. The molecular weight excluding hydrogens is 344 g/mol. The van der Waals surface area contributed by atoms with Gasteiger partial charge in [-0.05, 0) is 74.2 Å². The molecule has 0 aliphatic carbocycles. The van der Waals surface area contributed by atoms with Crippen LogP contribution in [0.25, 0.3) is 6.08 Å². The van der Waals surface area contributed by atoms with E-state index in [4.69, 9.17) is 19.3 Å². The summed E-state index contributed by atoms with van der Waals surface area (Å²) in [6.45, 7) is 9.31. The van der Waals surface area contributed by atoms with E-state index >= 15 is 0 Å². The SMILES string of the molecule is CCOc1cc(C=CC(=O)O)ccc1OCCOc1cc(C)cc(C)c1C. The standard InChI is InChI=1S/C22H26O5/c1-5-25-21-14-18(7-9-22(23)24)6-8-19(21)26-10-11-27-20-13-15(2)12-16(3)17(20)4/h6-9,12-14H,5,10-11H2,1-4H3,(H,23,24). The van der Waals surface area contributed by atoms with Gasteiger partial charge in [-0.2, -0.15) is 0 Å². The predicted molar refractivity (Wildman–Crippen MR) is 106 cm³/mol. The lowest BCUT2D eigenvalue weighted by molar-refractivity contribution is -0.131. The number of carboxylic acid groups (broad SMARTS) is 1. The number of aryl methyl sites for hydroxylation is 2. The number of carboxylic acids is 1. The minimum atomic E-state index is -0.993. The molecule has 5 heteroatoms. The van der Waals surface area contributed by atoms with Gasteiger partial charge in [-0.3, -0.25) is 0 Å². The van der Waals surface area contributed by atoms with E-state index in [0.29, 0.717) is 31.3 Å². The number of aliphatic carboxylic acids is 1. The van der Waals surface area contributed by atoms with Crippen LogP contribution in [0.3, 0.4) is 0 Å². The molecule has 0 saturated heterocycles. The molecule has 5 nitrogen and oxygen atoms in total. The number of hydrogen-bond acceptors (Lipinski definition) is 4. The molecule has 2 aromatic carbocycles. The predicted octanol–water partition coefficient (Wildman–Crippen LogP) is 4.57. The van der Waals surface area contributed by atoms with E-state index < -0.39 is 5.97 Å². The van der Waals surface area contributed by atoms with Gasteiger partial charge in [-0.1, -0.05) is 12.1 Å². The molecule has 2 rings (SSSR count). The third kappa shape index (κ3) is 6.06. The Labute approximate surface area is 160 Å². The number of benzene rings is 2. The molecule has 0 fully saturated rings. The van der Waals surface area contributed by atoms with E-state index in [2.05, 4.69) is 13.0 Å². The van der Waals surface area contributed by atoms with E-state index in [1.54, 1.807) is 18.2 Å². The summed E-state index contributed by atoms with van der Waals surface area (Å²) < 4.78 is 17.3. The Morgan fingerprint density at radius 3 is 2.33 bits per heavy atom. The van der Waals surface area contributed by atoms with Gasteiger partial charge in [0, 0.05) is 6.08 Å². The zero-order valence-electron chi connectivity index (χ0n) is 16.2. The second-order valence-electron chi connectivity index (χ2n) is 6.21. The van der Waals surface area contributed by atoms with Crippen LogP contribution in [0.15, 0.2) is 36.4 Å². The van der Waals surface area contributed by atoms with Gasteiger partial charge in [0.1, 0.15) is 19.0 Å². The van der Waals surface area contributed by atoms with Crippen LogP contribution < -0.4 is 14.2 Å². The molecule has 27 heavy (non-hydrogen) atoms. The topological polar surface area (TPSA) is 65.0 Å². The molecule has 1 N–H and O–H groups in total. The van der Waals surface area contributed by atoms with Gasteiger partial charge >= 0.3 is 5.97 Å². The van der Waals surface area contributed by atoms with Crippen molar-refractivity contribution in [3.8, 4) is 17.2 Å².